The van der Waals surface area contributed by atoms with Gasteiger partial charge in [0, 0.05) is 6.61 Å². The topological polar surface area (TPSA) is 21.3 Å². The Labute approximate surface area is 118 Å². The number of hydrogen-bond donors (Lipinski definition) is 1. The molecule has 1 N–H and O–H groups in total. The predicted octanol–water partition coefficient (Wildman–Crippen LogP) is 3.53. The van der Waals surface area contributed by atoms with Crippen LogP contribution in [0.15, 0.2) is 12.2 Å². The molecule has 0 radical (unpaired) electrons. The Morgan fingerprint density at radius 3 is 2.68 bits per heavy atom. The molecule has 2 heteroatoms. The number of ether oxygens (including phenoxy) is 1. The van der Waals surface area contributed by atoms with Crippen LogP contribution in [0.1, 0.15) is 51.4 Å². The maximum absolute atomic E-state index is 5.95. The van der Waals surface area contributed by atoms with Gasteiger partial charge in [0.2, 0.25) is 0 Å². The van der Waals surface area contributed by atoms with E-state index in [1.807, 2.05) is 0 Å². The zero-order valence-electron chi connectivity index (χ0n) is 12.2. The van der Waals surface area contributed by atoms with Crippen LogP contribution in [0, 0.1) is 17.8 Å². The lowest BCUT2D eigenvalue weighted by molar-refractivity contribution is 0.0272. The molecule has 3 rings (SSSR count). The second-order valence-corrected chi connectivity index (χ2v) is 6.73. The van der Waals surface area contributed by atoms with Crippen LogP contribution in [0.5, 0.6) is 0 Å². The van der Waals surface area contributed by atoms with E-state index in [2.05, 4.69) is 17.5 Å². The summed E-state index contributed by atoms with van der Waals surface area (Å²) in [7, 11) is 0. The molecular weight excluding hydrogens is 234 g/mol. The maximum atomic E-state index is 5.95. The Bertz CT molecular complexity index is 296. The van der Waals surface area contributed by atoms with Crippen molar-refractivity contribution in [1.29, 1.82) is 0 Å². The van der Waals surface area contributed by atoms with Crippen LogP contribution in [-0.2, 0) is 4.74 Å². The molecule has 2 saturated carbocycles. The molecule has 2 fully saturated rings. The zero-order valence-corrected chi connectivity index (χ0v) is 12.2. The van der Waals surface area contributed by atoms with Crippen molar-refractivity contribution in [2.75, 3.05) is 19.7 Å². The van der Waals surface area contributed by atoms with Gasteiger partial charge in [-0.15, -0.1) is 0 Å². The van der Waals surface area contributed by atoms with Gasteiger partial charge < -0.3 is 10.1 Å². The molecule has 0 aliphatic heterocycles. The predicted molar refractivity (Wildman–Crippen MR) is 79.2 cm³/mol. The summed E-state index contributed by atoms with van der Waals surface area (Å²) in [5.74, 6) is 2.71. The van der Waals surface area contributed by atoms with Crippen LogP contribution in [0.3, 0.4) is 0 Å². The Balaban J connectivity index is 1.19. The fourth-order valence-electron chi connectivity index (χ4n) is 4.10. The van der Waals surface area contributed by atoms with Gasteiger partial charge in [-0.05, 0) is 62.9 Å². The first kappa shape index (κ1) is 13.6. The minimum atomic E-state index is 0.574. The van der Waals surface area contributed by atoms with E-state index >= 15 is 0 Å². The molecule has 19 heavy (non-hydrogen) atoms. The fourth-order valence-corrected chi connectivity index (χ4v) is 4.10. The van der Waals surface area contributed by atoms with Crippen LogP contribution < -0.4 is 5.32 Å². The average molecular weight is 263 g/mol. The van der Waals surface area contributed by atoms with E-state index in [1.165, 1.54) is 57.9 Å². The summed E-state index contributed by atoms with van der Waals surface area (Å²) in [5.41, 5.74) is 0. The smallest absolute Gasteiger partial charge is 0.0575 e. The van der Waals surface area contributed by atoms with Gasteiger partial charge in [0.25, 0.3) is 0 Å². The summed E-state index contributed by atoms with van der Waals surface area (Å²) in [6.07, 6.45) is 16.2. The monoisotopic (exact) mass is 263 g/mol. The van der Waals surface area contributed by atoms with E-state index in [4.69, 9.17) is 4.74 Å². The van der Waals surface area contributed by atoms with Gasteiger partial charge in [-0.2, -0.15) is 0 Å². The molecule has 108 valence electrons. The van der Waals surface area contributed by atoms with Gasteiger partial charge in [0.15, 0.2) is 0 Å². The maximum Gasteiger partial charge on any atom is 0.0575 e. The molecule has 0 spiro atoms. The molecule has 2 bridgehead atoms. The van der Waals surface area contributed by atoms with Crippen LogP contribution in [0.25, 0.3) is 0 Å². The van der Waals surface area contributed by atoms with Crippen molar-refractivity contribution in [2.24, 2.45) is 17.8 Å². The summed E-state index contributed by atoms with van der Waals surface area (Å²) in [5, 5.41) is 3.64. The molecule has 3 aliphatic carbocycles. The Morgan fingerprint density at radius 2 is 1.95 bits per heavy atom. The highest BCUT2D eigenvalue weighted by Gasteiger charge is 2.34. The third-order valence-electron chi connectivity index (χ3n) is 5.23. The summed E-state index contributed by atoms with van der Waals surface area (Å²) < 4.78 is 5.95. The molecule has 2 nitrogen and oxygen atoms in total. The van der Waals surface area contributed by atoms with Gasteiger partial charge in [-0.1, -0.05) is 31.4 Å². The average Bonchev–Trinajstić information content (AvgIpc) is 3.06. The van der Waals surface area contributed by atoms with Crippen LogP contribution >= 0.6 is 0 Å². The number of fused-ring (bicyclic) bond motifs is 2. The van der Waals surface area contributed by atoms with Crippen molar-refractivity contribution in [3.05, 3.63) is 12.2 Å². The molecule has 3 atom stereocenters. The van der Waals surface area contributed by atoms with Crippen molar-refractivity contribution < 1.29 is 4.74 Å². The van der Waals surface area contributed by atoms with Crippen LogP contribution in [-0.4, -0.2) is 25.8 Å². The Hall–Kier alpha value is -0.340. The van der Waals surface area contributed by atoms with Gasteiger partial charge >= 0.3 is 0 Å². The third kappa shape index (κ3) is 3.82. The molecule has 0 aromatic heterocycles. The van der Waals surface area contributed by atoms with E-state index in [1.54, 1.807) is 0 Å². The van der Waals surface area contributed by atoms with Gasteiger partial charge in [-0.25, -0.2) is 0 Å². The van der Waals surface area contributed by atoms with E-state index in [-0.39, 0.29) is 0 Å². The summed E-state index contributed by atoms with van der Waals surface area (Å²) >= 11 is 0. The van der Waals surface area contributed by atoms with Crippen molar-refractivity contribution in [3.8, 4) is 0 Å². The number of rotatable bonds is 7. The second-order valence-electron chi connectivity index (χ2n) is 6.73. The van der Waals surface area contributed by atoms with Crippen molar-refractivity contribution in [3.63, 3.8) is 0 Å². The van der Waals surface area contributed by atoms with Gasteiger partial charge in [-0.3, -0.25) is 0 Å². The normalized spacial score (nSPS) is 34.2. The number of allylic oxidation sites excluding steroid dienone is 2. The minimum absolute atomic E-state index is 0.574. The van der Waals surface area contributed by atoms with E-state index in [9.17, 15) is 0 Å². The summed E-state index contributed by atoms with van der Waals surface area (Å²) in [4.78, 5) is 0. The quantitative estimate of drug-likeness (QED) is 0.560. The molecule has 0 heterocycles. The first-order chi connectivity index (χ1) is 9.42. The molecule has 0 amide bonds. The van der Waals surface area contributed by atoms with Crippen LogP contribution in [0.4, 0.5) is 0 Å². The zero-order chi connectivity index (χ0) is 12.9. The molecule has 0 saturated heterocycles. The Morgan fingerprint density at radius 1 is 1.05 bits per heavy atom. The number of hydrogen-bond acceptors (Lipinski definition) is 2. The first-order valence-electron chi connectivity index (χ1n) is 8.42. The highest BCUT2D eigenvalue weighted by atomic mass is 16.5. The molecule has 3 aliphatic rings. The lowest BCUT2D eigenvalue weighted by Gasteiger charge is -2.22. The standard InChI is InChI=1S/C17H29NO/c1-2-5-17(6-3-1)19-10-4-9-18-13-16-12-14-7-8-15(16)11-14/h7-8,14-18H,1-6,9-13H2. The Kier molecular flexibility index (Phi) is 4.95. The fraction of sp³-hybridized carbons (Fsp3) is 0.882. The SMILES string of the molecule is C1=CC2CC1CC2CNCCCOC1CCCCC1. The third-order valence-corrected chi connectivity index (χ3v) is 5.23. The van der Waals surface area contributed by atoms with E-state index < -0.39 is 0 Å². The lowest BCUT2D eigenvalue weighted by Crippen LogP contribution is -2.27. The molecule has 3 unspecified atom stereocenters. The summed E-state index contributed by atoms with van der Waals surface area (Å²) in [6, 6.07) is 0. The van der Waals surface area contributed by atoms with Crippen molar-refractivity contribution >= 4 is 0 Å². The molecular formula is C17H29NO. The van der Waals surface area contributed by atoms with Crippen molar-refractivity contribution in [2.45, 2.75) is 57.5 Å². The van der Waals surface area contributed by atoms with Gasteiger partial charge in [0.05, 0.1) is 6.10 Å². The molecule has 0 aromatic rings. The lowest BCUT2D eigenvalue weighted by atomic mass is 9.94. The number of nitrogens with one attached hydrogen (secondary N) is 1. The first-order valence-corrected chi connectivity index (χ1v) is 8.42. The highest BCUT2D eigenvalue weighted by molar-refractivity contribution is 5.10. The summed E-state index contributed by atoms with van der Waals surface area (Å²) in [6.45, 7) is 3.30. The van der Waals surface area contributed by atoms with Crippen molar-refractivity contribution in [1.82, 2.24) is 5.32 Å². The van der Waals surface area contributed by atoms with E-state index in [0.717, 1.165) is 30.9 Å². The minimum Gasteiger partial charge on any atom is -0.378 e. The van der Waals surface area contributed by atoms with Gasteiger partial charge in [0.1, 0.15) is 0 Å². The van der Waals surface area contributed by atoms with Crippen LogP contribution in [0.2, 0.25) is 0 Å². The van der Waals surface area contributed by atoms with E-state index in [0.29, 0.717) is 6.10 Å². The largest absolute Gasteiger partial charge is 0.378 e. The molecule has 0 aromatic carbocycles. The second kappa shape index (κ2) is 6.90. The highest BCUT2D eigenvalue weighted by Crippen LogP contribution is 2.42.